The summed E-state index contributed by atoms with van der Waals surface area (Å²) in [4.78, 5) is 23.6. The van der Waals surface area contributed by atoms with Gasteiger partial charge >= 0.3 is 0 Å². The Morgan fingerprint density at radius 1 is 1.04 bits per heavy atom. The van der Waals surface area contributed by atoms with Crippen LogP contribution in [0.4, 0.5) is 0 Å². The average molecular weight is 370 g/mol. The Hall–Kier alpha value is -2.86. The van der Waals surface area contributed by atoms with Crippen molar-refractivity contribution in [3.63, 3.8) is 0 Å². The quantitative estimate of drug-likeness (QED) is 0.593. The summed E-state index contributed by atoms with van der Waals surface area (Å²) >= 11 is 0. The lowest BCUT2D eigenvalue weighted by Gasteiger charge is -2.13. The lowest BCUT2D eigenvalue weighted by molar-refractivity contribution is -0.122. The highest BCUT2D eigenvalue weighted by Gasteiger charge is 2.09. The Kier molecular flexibility index (Phi) is 8.32. The minimum Gasteiger partial charge on any atom is -0.491 e. The number of aliphatic hydroxyl groups is 1. The summed E-state index contributed by atoms with van der Waals surface area (Å²) in [5.41, 5.74) is 2.00. The molecule has 2 rings (SSSR count). The van der Waals surface area contributed by atoms with Crippen LogP contribution in [0.3, 0.4) is 0 Å². The summed E-state index contributed by atoms with van der Waals surface area (Å²) in [5.74, 6) is 0.326. The largest absolute Gasteiger partial charge is 0.491 e. The third-order valence-corrected chi connectivity index (χ3v) is 3.85. The normalized spacial score (nSPS) is 11.5. The molecule has 0 aromatic heterocycles. The molecule has 2 amide bonds. The maximum Gasteiger partial charge on any atom is 0.224 e. The van der Waals surface area contributed by atoms with Crippen molar-refractivity contribution >= 4 is 11.8 Å². The van der Waals surface area contributed by atoms with E-state index in [1.807, 2.05) is 61.5 Å². The third kappa shape index (κ3) is 8.37. The zero-order valence-corrected chi connectivity index (χ0v) is 15.5. The van der Waals surface area contributed by atoms with Gasteiger partial charge in [0.25, 0.3) is 0 Å². The van der Waals surface area contributed by atoms with Crippen molar-refractivity contribution in [2.45, 2.75) is 25.9 Å². The highest BCUT2D eigenvalue weighted by Crippen LogP contribution is 2.12. The van der Waals surface area contributed by atoms with Crippen LogP contribution in [0, 0.1) is 6.92 Å². The van der Waals surface area contributed by atoms with Gasteiger partial charge in [-0.15, -0.1) is 0 Å². The van der Waals surface area contributed by atoms with E-state index in [1.54, 1.807) is 0 Å². The zero-order chi connectivity index (χ0) is 19.5. The van der Waals surface area contributed by atoms with Crippen LogP contribution in [0.15, 0.2) is 54.6 Å². The van der Waals surface area contributed by atoms with Gasteiger partial charge in [-0.25, -0.2) is 0 Å². The molecular formula is C21H26N2O4. The Morgan fingerprint density at radius 2 is 1.81 bits per heavy atom. The van der Waals surface area contributed by atoms with Crippen LogP contribution in [-0.4, -0.2) is 42.7 Å². The molecule has 2 aromatic carbocycles. The maximum absolute atomic E-state index is 11.8. The van der Waals surface area contributed by atoms with E-state index in [1.165, 1.54) is 0 Å². The molecule has 6 nitrogen and oxygen atoms in total. The first-order valence-corrected chi connectivity index (χ1v) is 8.98. The minimum absolute atomic E-state index is 0.0948. The molecule has 0 aliphatic rings. The number of aryl methyl sites for hydroxylation is 1. The number of rotatable bonds is 10. The molecule has 144 valence electrons. The molecule has 0 saturated carbocycles. The molecule has 0 aliphatic heterocycles. The molecule has 0 heterocycles. The average Bonchev–Trinajstić information content (AvgIpc) is 2.65. The van der Waals surface area contributed by atoms with Crippen LogP contribution in [0.2, 0.25) is 0 Å². The van der Waals surface area contributed by atoms with Crippen LogP contribution in [-0.2, 0) is 16.0 Å². The van der Waals surface area contributed by atoms with Crippen molar-refractivity contribution in [3.05, 3.63) is 65.7 Å². The molecule has 2 aromatic rings. The fraction of sp³-hybridized carbons (Fsp3) is 0.333. The maximum atomic E-state index is 11.8. The van der Waals surface area contributed by atoms with Crippen LogP contribution >= 0.6 is 0 Å². The third-order valence-electron chi connectivity index (χ3n) is 3.85. The Labute approximate surface area is 159 Å². The zero-order valence-electron chi connectivity index (χ0n) is 15.5. The van der Waals surface area contributed by atoms with E-state index in [0.29, 0.717) is 5.75 Å². The number of benzene rings is 2. The van der Waals surface area contributed by atoms with Crippen LogP contribution in [0.25, 0.3) is 0 Å². The van der Waals surface area contributed by atoms with Gasteiger partial charge in [0, 0.05) is 19.5 Å². The number of nitrogens with one attached hydrogen (secondary N) is 2. The highest BCUT2D eigenvalue weighted by molar-refractivity contribution is 5.80. The fourth-order valence-corrected chi connectivity index (χ4v) is 2.44. The molecule has 0 spiro atoms. The first-order chi connectivity index (χ1) is 13.0. The Bertz CT molecular complexity index is 734. The molecule has 0 saturated heterocycles. The highest BCUT2D eigenvalue weighted by atomic mass is 16.5. The van der Waals surface area contributed by atoms with E-state index in [2.05, 4.69) is 10.6 Å². The van der Waals surface area contributed by atoms with Gasteiger partial charge in [-0.2, -0.15) is 0 Å². The summed E-state index contributed by atoms with van der Waals surface area (Å²) in [7, 11) is 0. The van der Waals surface area contributed by atoms with Gasteiger partial charge in [-0.1, -0.05) is 42.5 Å². The number of aliphatic hydroxyl groups excluding tert-OH is 1. The van der Waals surface area contributed by atoms with E-state index in [4.69, 9.17) is 4.74 Å². The summed E-state index contributed by atoms with van der Waals surface area (Å²) < 4.78 is 5.49. The lowest BCUT2D eigenvalue weighted by Crippen LogP contribution is -2.37. The van der Waals surface area contributed by atoms with Gasteiger partial charge in [-0.3, -0.25) is 9.59 Å². The molecule has 0 aliphatic carbocycles. The second-order valence-corrected chi connectivity index (χ2v) is 6.35. The molecule has 0 fully saturated rings. The van der Waals surface area contributed by atoms with Crippen molar-refractivity contribution in [1.29, 1.82) is 0 Å². The summed E-state index contributed by atoms with van der Waals surface area (Å²) in [6.07, 6.45) is -0.356. The van der Waals surface area contributed by atoms with Crippen LogP contribution in [0.1, 0.15) is 17.5 Å². The molecule has 1 atom stereocenters. The van der Waals surface area contributed by atoms with Crippen LogP contribution < -0.4 is 15.4 Å². The molecule has 0 bridgehead atoms. The van der Waals surface area contributed by atoms with Crippen molar-refractivity contribution in [3.8, 4) is 5.75 Å². The van der Waals surface area contributed by atoms with Gasteiger partial charge in [0.2, 0.25) is 11.8 Å². The number of amides is 2. The van der Waals surface area contributed by atoms with Gasteiger partial charge in [0.1, 0.15) is 18.5 Å². The smallest absolute Gasteiger partial charge is 0.224 e. The van der Waals surface area contributed by atoms with Gasteiger partial charge in [0.05, 0.1) is 6.42 Å². The molecule has 1 unspecified atom stereocenters. The number of carbonyl (C=O) groups is 2. The first kappa shape index (κ1) is 20.5. The second kappa shape index (κ2) is 11.0. The lowest BCUT2D eigenvalue weighted by atomic mass is 10.1. The molecule has 3 N–H and O–H groups in total. The van der Waals surface area contributed by atoms with E-state index < -0.39 is 6.10 Å². The summed E-state index contributed by atoms with van der Waals surface area (Å²) in [6, 6.07) is 17.0. The number of hydrogen-bond acceptors (Lipinski definition) is 4. The predicted octanol–water partition coefficient (Wildman–Crippen LogP) is 1.60. The SMILES string of the molecule is Cc1cccc(OCC(O)CNC(=O)CCNC(=O)Cc2ccccc2)c1. The molecule has 6 heteroatoms. The molecular weight excluding hydrogens is 344 g/mol. The summed E-state index contributed by atoms with van der Waals surface area (Å²) in [5, 5.41) is 15.2. The number of ether oxygens (including phenoxy) is 1. The molecule has 27 heavy (non-hydrogen) atoms. The van der Waals surface area contributed by atoms with Gasteiger partial charge < -0.3 is 20.5 Å². The van der Waals surface area contributed by atoms with Gasteiger partial charge in [0.15, 0.2) is 0 Å². The van der Waals surface area contributed by atoms with Crippen molar-refractivity contribution in [1.82, 2.24) is 10.6 Å². The van der Waals surface area contributed by atoms with Crippen molar-refractivity contribution in [2.75, 3.05) is 19.7 Å². The predicted molar refractivity (Wildman–Crippen MR) is 103 cm³/mol. The second-order valence-electron chi connectivity index (χ2n) is 6.35. The topological polar surface area (TPSA) is 87.7 Å². The monoisotopic (exact) mass is 370 g/mol. The van der Waals surface area contributed by atoms with E-state index in [0.717, 1.165) is 11.1 Å². The first-order valence-electron chi connectivity index (χ1n) is 8.98. The molecule has 0 radical (unpaired) electrons. The fourth-order valence-electron chi connectivity index (χ4n) is 2.44. The Morgan fingerprint density at radius 3 is 2.56 bits per heavy atom. The van der Waals surface area contributed by atoms with E-state index >= 15 is 0 Å². The van der Waals surface area contributed by atoms with Crippen LogP contribution in [0.5, 0.6) is 5.75 Å². The van der Waals surface area contributed by atoms with Gasteiger partial charge in [-0.05, 0) is 30.2 Å². The van der Waals surface area contributed by atoms with Crippen molar-refractivity contribution in [2.24, 2.45) is 0 Å². The number of carbonyl (C=O) groups excluding carboxylic acids is 2. The standard InChI is InChI=1S/C21H26N2O4/c1-16-6-5-9-19(12-16)27-15-18(24)14-23-20(25)10-11-22-21(26)13-17-7-3-2-4-8-17/h2-9,12,18,24H,10-11,13-15H2,1H3,(H,22,26)(H,23,25). The Balaban J connectivity index is 1.56. The van der Waals surface area contributed by atoms with E-state index in [9.17, 15) is 14.7 Å². The van der Waals surface area contributed by atoms with Crippen molar-refractivity contribution < 1.29 is 19.4 Å². The van der Waals surface area contributed by atoms with E-state index in [-0.39, 0.29) is 44.4 Å². The summed E-state index contributed by atoms with van der Waals surface area (Å²) in [6.45, 7) is 2.41. The minimum atomic E-state index is -0.804. The number of hydrogen-bond donors (Lipinski definition) is 3.